The number of hydrogen-bond acceptors (Lipinski definition) is 4. The molecule has 7 nitrogen and oxygen atoms in total. The van der Waals surface area contributed by atoms with Gasteiger partial charge < -0.3 is 20.1 Å². The van der Waals surface area contributed by atoms with Crippen LogP contribution in [0.4, 0.5) is 10.5 Å². The molecule has 0 saturated carbocycles. The van der Waals surface area contributed by atoms with Gasteiger partial charge in [0.15, 0.2) is 0 Å². The normalized spacial score (nSPS) is 10.3. The van der Waals surface area contributed by atoms with Crippen molar-refractivity contribution in [3.05, 3.63) is 72.1 Å². The van der Waals surface area contributed by atoms with Crippen LogP contribution in [-0.4, -0.2) is 30.0 Å². The van der Waals surface area contributed by atoms with E-state index in [0.717, 1.165) is 11.1 Å². The smallest absolute Gasteiger partial charge is 0.319 e. The van der Waals surface area contributed by atoms with Gasteiger partial charge in [-0.1, -0.05) is 24.3 Å². The van der Waals surface area contributed by atoms with Crippen molar-refractivity contribution < 1.29 is 14.3 Å². The Bertz CT molecular complexity index is 894. The predicted octanol–water partition coefficient (Wildman–Crippen LogP) is 3.27. The van der Waals surface area contributed by atoms with Crippen LogP contribution in [0.1, 0.15) is 11.1 Å². The van der Waals surface area contributed by atoms with Crippen molar-refractivity contribution in [1.29, 1.82) is 0 Å². The van der Waals surface area contributed by atoms with Crippen LogP contribution in [-0.2, 0) is 13.1 Å². The van der Waals surface area contributed by atoms with E-state index in [0.29, 0.717) is 30.3 Å². The van der Waals surface area contributed by atoms with E-state index in [1.54, 1.807) is 38.6 Å². The Morgan fingerprint density at radius 3 is 2.59 bits per heavy atom. The largest absolute Gasteiger partial charge is 0.497 e. The number of aromatic nitrogens is 2. The van der Waals surface area contributed by atoms with Crippen LogP contribution < -0.4 is 20.1 Å². The van der Waals surface area contributed by atoms with E-state index >= 15 is 0 Å². The highest BCUT2D eigenvalue weighted by Crippen LogP contribution is 2.28. The second kappa shape index (κ2) is 8.75. The Morgan fingerprint density at radius 2 is 1.89 bits per heavy atom. The van der Waals surface area contributed by atoms with Crippen molar-refractivity contribution >= 4 is 11.7 Å². The predicted molar refractivity (Wildman–Crippen MR) is 103 cm³/mol. The molecule has 0 spiro atoms. The van der Waals surface area contributed by atoms with Gasteiger partial charge in [0.1, 0.15) is 11.5 Å². The van der Waals surface area contributed by atoms with Gasteiger partial charge in [-0.25, -0.2) is 4.79 Å². The number of carbonyl (C=O) groups excluding carboxylic acids is 1. The molecule has 1 heterocycles. The number of benzene rings is 2. The first kappa shape index (κ1) is 18.3. The minimum atomic E-state index is -0.324. The first-order valence-electron chi connectivity index (χ1n) is 8.50. The summed E-state index contributed by atoms with van der Waals surface area (Å²) < 4.78 is 12.3. The zero-order chi connectivity index (χ0) is 19.1. The van der Waals surface area contributed by atoms with E-state index in [-0.39, 0.29) is 6.03 Å². The first-order valence-corrected chi connectivity index (χ1v) is 8.50. The fourth-order valence-electron chi connectivity index (χ4n) is 2.71. The summed E-state index contributed by atoms with van der Waals surface area (Å²) >= 11 is 0. The van der Waals surface area contributed by atoms with Gasteiger partial charge in [-0.15, -0.1) is 0 Å². The van der Waals surface area contributed by atoms with E-state index in [1.807, 2.05) is 41.2 Å². The van der Waals surface area contributed by atoms with Crippen molar-refractivity contribution in [3.8, 4) is 11.5 Å². The Kier molecular flexibility index (Phi) is 5.94. The lowest BCUT2D eigenvalue weighted by atomic mass is 10.1. The molecule has 27 heavy (non-hydrogen) atoms. The highest BCUT2D eigenvalue weighted by Gasteiger charge is 2.10. The van der Waals surface area contributed by atoms with Crippen LogP contribution in [0.5, 0.6) is 11.5 Å². The highest BCUT2D eigenvalue weighted by molar-refractivity contribution is 5.91. The maximum absolute atomic E-state index is 12.3. The molecule has 0 aliphatic heterocycles. The summed E-state index contributed by atoms with van der Waals surface area (Å²) in [6.45, 7) is 1.05. The molecule has 140 valence electrons. The van der Waals surface area contributed by atoms with Gasteiger partial charge in [0.25, 0.3) is 0 Å². The monoisotopic (exact) mass is 366 g/mol. The average molecular weight is 366 g/mol. The summed E-state index contributed by atoms with van der Waals surface area (Å²) in [7, 11) is 3.12. The van der Waals surface area contributed by atoms with Crippen LogP contribution >= 0.6 is 0 Å². The molecule has 7 heteroatoms. The van der Waals surface area contributed by atoms with Gasteiger partial charge in [0, 0.05) is 25.0 Å². The molecule has 2 amide bonds. The minimum absolute atomic E-state index is 0.324. The molecule has 1 aromatic heterocycles. The lowest BCUT2D eigenvalue weighted by molar-refractivity contribution is 0.251. The third-order valence-corrected chi connectivity index (χ3v) is 4.10. The van der Waals surface area contributed by atoms with E-state index in [1.165, 1.54) is 0 Å². The summed E-state index contributed by atoms with van der Waals surface area (Å²) in [4.78, 5) is 12.3. The topological polar surface area (TPSA) is 77.4 Å². The van der Waals surface area contributed by atoms with Crippen LogP contribution in [0.25, 0.3) is 0 Å². The number of rotatable bonds is 7. The number of urea groups is 1. The van der Waals surface area contributed by atoms with Crippen molar-refractivity contribution in [3.63, 3.8) is 0 Å². The van der Waals surface area contributed by atoms with Gasteiger partial charge in [-0.05, 0) is 29.3 Å². The molecule has 3 aromatic rings. The summed E-state index contributed by atoms with van der Waals surface area (Å²) in [5.74, 6) is 1.20. The Labute approximate surface area is 157 Å². The molecule has 0 radical (unpaired) electrons. The molecule has 3 rings (SSSR count). The number of nitrogens with zero attached hydrogens (tertiary/aromatic N) is 2. The lowest BCUT2D eigenvalue weighted by Crippen LogP contribution is -2.28. The molecular formula is C20H22N4O3. The fourth-order valence-corrected chi connectivity index (χ4v) is 2.71. The molecule has 0 atom stereocenters. The average Bonchev–Trinajstić information content (AvgIpc) is 3.20. The maximum Gasteiger partial charge on any atom is 0.319 e. The Morgan fingerprint density at radius 1 is 1.07 bits per heavy atom. The second-order valence-electron chi connectivity index (χ2n) is 5.85. The standard InChI is InChI=1S/C20H22N4O3/c1-26-17-8-9-19(27-2)18(12-17)23-20(25)21-13-15-6-3-4-7-16(15)14-24-11-5-10-22-24/h3-12H,13-14H2,1-2H3,(H2,21,23,25). The molecule has 0 aliphatic carbocycles. The summed E-state index contributed by atoms with van der Waals surface area (Å²) in [5.41, 5.74) is 2.67. The number of anilines is 1. The Hall–Kier alpha value is -3.48. The maximum atomic E-state index is 12.3. The van der Waals surface area contributed by atoms with Gasteiger partial charge >= 0.3 is 6.03 Å². The number of carbonyl (C=O) groups is 1. The third-order valence-electron chi connectivity index (χ3n) is 4.10. The summed E-state index contributed by atoms with van der Waals surface area (Å²) in [6, 6.07) is 14.7. The second-order valence-corrected chi connectivity index (χ2v) is 5.85. The summed E-state index contributed by atoms with van der Waals surface area (Å²) in [6.07, 6.45) is 3.65. The Balaban J connectivity index is 1.65. The number of nitrogens with one attached hydrogen (secondary N) is 2. The van der Waals surface area contributed by atoms with Crippen LogP contribution in [0.3, 0.4) is 0 Å². The molecule has 0 bridgehead atoms. The van der Waals surface area contributed by atoms with Gasteiger partial charge in [0.2, 0.25) is 0 Å². The van der Waals surface area contributed by atoms with Crippen molar-refractivity contribution in [2.75, 3.05) is 19.5 Å². The van der Waals surface area contributed by atoms with Crippen molar-refractivity contribution in [1.82, 2.24) is 15.1 Å². The lowest BCUT2D eigenvalue weighted by Gasteiger charge is -2.14. The van der Waals surface area contributed by atoms with E-state index in [2.05, 4.69) is 15.7 Å². The zero-order valence-electron chi connectivity index (χ0n) is 15.3. The molecule has 0 fully saturated rings. The van der Waals surface area contributed by atoms with Gasteiger partial charge in [-0.2, -0.15) is 5.10 Å². The number of ether oxygens (including phenoxy) is 2. The van der Waals surface area contributed by atoms with Gasteiger partial charge in [-0.3, -0.25) is 4.68 Å². The fraction of sp³-hybridized carbons (Fsp3) is 0.200. The first-order chi connectivity index (χ1) is 13.2. The molecule has 2 N–H and O–H groups in total. The SMILES string of the molecule is COc1ccc(OC)c(NC(=O)NCc2ccccc2Cn2cccn2)c1. The number of hydrogen-bond donors (Lipinski definition) is 2. The van der Waals surface area contributed by atoms with Crippen molar-refractivity contribution in [2.45, 2.75) is 13.1 Å². The van der Waals surface area contributed by atoms with E-state index in [4.69, 9.17) is 9.47 Å². The molecule has 0 saturated heterocycles. The third kappa shape index (κ3) is 4.78. The minimum Gasteiger partial charge on any atom is -0.497 e. The zero-order valence-corrected chi connectivity index (χ0v) is 15.3. The number of amides is 2. The molecule has 0 aliphatic rings. The summed E-state index contributed by atoms with van der Waals surface area (Å²) in [5, 5.41) is 9.91. The molecule has 2 aromatic carbocycles. The number of methoxy groups -OCH3 is 2. The highest BCUT2D eigenvalue weighted by atomic mass is 16.5. The van der Waals surface area contributed by atoms with Gasteiger partial charge in [0.05, 0.1) is 26.5 Å². The van der Waals surface area contributed by atoms with Crippen LogP contribution in [0.2, 0.25) is 0 Å². The quantitative estimate of drug-likeness (QED) is 0.673. The van der Waals surface area contributed by atoms with E-state index < -0.39 is 0 Å². The van der Waals surface area contributed by atoms with E-state index in [9.17, 15) is 4.79 Å². The molecular weight excluding hydrogens is 344 g/mol. The molecule has 0 unspecified atom stereocenters. The van der Waals surface area contributed by atoms with Crippen LogP contribution in [0, 0.1) is 0 Å². The van der Waals surface area contributed by atoms with Crippen molar-refractivity contribution in [2.24, 2.45) is 0 Å². The van der Waals surface area contributed by atoms with Crippen LogP contribution in [0.15, 0.2) is 60.9 Å².